The van der Waals surface area contributed by atoms with E-state index < -0.39 is 0 Å². The molecule has 12 heavy (non-hydrogen) atoms. The zero-order valence-electron chi connectivity index (χ0n) is 7.46. The number of H-pyrrole nitrogens is 1. The average Bonchev–Trinajstić information content (AvgIpc) is 2.30. The fraction of sp³-hybridized carbons (Fsp3) is 0.571. The Balaban J connectivity index is 2.79. The fourth-order valence-electron chi connectivity index (χ4n) is 1.09. The van der Waals surface area contributed by atoms with E-state index in [1.54, 1.807) is 0 Å². The fourth-order valence-corrected chi connectivity index (χ4v) is 1.09. The Morgan fingerprint density at radius 2 is 2.25 bits per heavy atom. The lowest BCUT2D eigenvalue weighted by atomic mass is 10.5. The molecule has 68 valence electrons. The highest BCUT2D eigenvalue weighted by Gasteiger charge is 2.08. The number of aromatic nitrogens is 2. The van der Waals surface area contributed by atoms with Crippen LogP contribution in [0.2, 0.25) is 0 Å². The summed E-state index contributed by atoms with van der Waals surface area (Å²) in [4.78, 5) is 9.08. The largest absolute Gasteiger partial charge is 0.382 e. The van der Waals surface area contributed by atoms with E-state index in [2.05, 4.69) is 9.97 Å². The summed E-state index contributed by atoms with van der Waals surface area (Å²) in [6.07, 6.45) is 0. The van der Waals surface area contributed by atoms with E-state index in [1.807, 2.05) is 18.9 Å². The summed E-state index contributed by atoms with van der Waals surface area (Å²) in [6, 6.07) is 0. The Labute approximate surface area is 71.8 Å². The molecule has 5 nitrogen and oxygen atoms in total. The van der Waals surface area contributed by atoms with Gasteiger partial charge >= 0.3 is 0 Å². The Kier molecular flexibility index (Phi) is 2.54. The molecular formula is C7H15N5. The van der Waals surface area contributed by atoms with Gasteiger partial charge in [0.15, 0.2) is 5.82 Å². The molecule has 0 saturated heterocycles. The molecule has 0 aliphatic heterocycles. The molecular weight excluding hydrogens is 154 g/mol. The van der Waals surface area contributed by atoms with Crippen LogP contribution in [0.3, 0.4) is 0 Å². The van der Waals surface area contributed by atoms with Crippen LogP contribution in [0.5, 0.6) is 0 Å². The van der Waals surface area contributed by atoms with Crippen molar-refractivity contribution in [3.05, 3.63) is 5.82 Å². The van der Waals surface area contributed by atoms with Gasteiger partial charge in [0.25, 0.3) is 0 Å². The molecule has 0 fully saturated rings. The predicted molar refractivity (Wildman–Crippen MR) is 50.1 cm³/mol. The summed E-state index contributed by atoms with van der Waals surface area (Å²) >= 11 is 0. The molecule has 1 aromatic heterocycles. The number of anilines is 2. The number of rotatable bonds is 3. The van der Waals surface area contributed by atoms with E-state index in [9.17, 15) is 0 Å². The van der Waals surface area contributed by atoms with Gasteiger partial charge in [-0.1, -0.05) is 0 Å². The molecule has 0 aliphatic carbocycles. The number of nitrogens with one attached hydrogen (secondary N) is 1. The highest BCUT2D eigenvalue weighted by molar-refractivity contribution is 5.58. The zero-order chi connectivity index (χ0) is 9.14. The van der Waals surface area contributed by atoms with Crippen LogP contribution in [0.15, 0.2) is 0 Å². The molecule has 1 heterocycles. The van der Waals surface area contributed by atoms with Gasteiger partial charge in [-0.05, 0) is 6.92 Å². The first-order valence-corrected chi connectivity index (χ1v) is 3.88. The molecule has 0 unspecified atom stereocenters. The normalized spacial score (nSPS) is 10.2. The lowest BCUT2D eigenvalue weighted by molar-refractivity contribution is 0.872. The van der Waals surface area contributed by atoms with Gasteiger partial charge < -0.3 is 21.4 Å². The van der Waals surface area contributed by atoms with Crippen LogP contribution in [0.1, 0.15) is 5.82 Å². The number of hydrogen-bond acceptors (Lipinski definition) is 4. The number of nitrogen functional groups attached to an aromatic ring is 1. The molecule has 1 rings (SSSR count). The van der Waals surface area contributed by atoms with E-state index in [0.717, 1.165) is 18.2 Å². The molecule has 0 radical (unpaired) electrons. The standard InChI is InChI=1S/C7H15N5/c1-5-10-6(9)7(11-5)12(2)4-3-8/h3-4,8-9H2,1-2H3,(H,10,11). The molecule has 0 bridgehead atoms. The third kappa shape index (κ3) is 1.68. The van der Waals surface area contributed by atoms with Crippen molar-refractivity contribution in [3.63, 3.8) is 0 Å². The van der Waals surface area contributed by atoms with Gasteiger partial charge in [-0.25, -0.2) is 4.98 Å². The van der Waals surface area contributed by atoms with Crippen LogP contribution >= 0.6 is 0 Å². The van der Waals surface area contributed by atoms with E-state index in [1.165, 1.54) is 0 Å². The van der Waals surface area contributed by atoms with Crippen molar-refractivity contribution in [2.45, 2.75) is 6.92 Å². The van der Waals surface area contributed by atoms with E-state index >= 15 is 0 Å². The van der Waals surface area contributed by atoms with Crippen LogP contribution in [0.25, 0.3) is 0 Å². The van der Waals surface area contributed by atoms with Crippen molar-refractivity contribution in [3.8, 4) is 0 Å². The number of nitrogens with two attached hydrogens (primary N) is 2. The predicted octanol–water partition coefficient (Wildman–Crippen LogP) is -0.305. The maximum Gasteiger partial charge on any atom is 0.171 e. The third-order valence-electron chi connectivity index (χ3n) is 1.66. The Bertz CT molecular complexity index is 254. The van der Waals surface area contributed by atoms with Crippen LogP contribution in [0.4, 0.5) is 11.6 Å². The SMILES string of the molecule is Cc1nc(N(C)CCN)c(N)[nH]1. The minimum Gasteiger partial charge on any atom is -0.382 e. The average molecular weight is 169 g/mol. The molecule has 5 N–H and O–H groups in total. The van der Waals surface area contributed by atoms with Gasteiger partial charge in [-0.2, -0.15) is 0 Å². The Hall–Kier alpha value is -1.23. The molecule has 1 aromatic rings. The molecule has 5 heteroatoms. The molecule has 0 atom stereocenters. The number of imidazole rings is 1. The number of aryl methyl sites for hydroxylation is 1. The van der Waals surface area contributed by atoms with Crippen molar-refractivity contribution in [2.24, 2.45) is 5.73 Å². The second-order valence-corrected chi connectivity index (χ2v) is 2.77. The molecule has 0 amide bonds. The van der Waals surface area contributed by atoms with Gasteiger partial charge in [0.05, 0.1) is 0 Å². The summed E-state index contributed by atoms with van der Waals surface area (Å²) in [5.41, 5.74) is 11.1. The first-order chi connectivity index (χ1) is 5.65. The number of nitrogens with zero attached hydrogens (tertiary/aromatic N) is 2. The highest BCUT2D eigenvalue weighted by atomic mass is 15.2. The Morgan fingerprint density at radius 1 is 1.58 bits per heavy atom. The summed E-state index contributed by atoms with van der Waals surface area (Å²) in [5.74, 6) is 2.20. The number of likely N-dealkylation sites (N-methyl/N-ethyl adjacent to an activating group) is 1. The van der Waals surface area contributed by atoms with Gasteiger partial charge in [0.2, 0.25) is 0 Å². The molecule has 0 spiro atoms. The molecule has 0 aliphatic rings. The van der Waals surface area contributed by atoms with E-state index in [0.29, 0.717) is 12.4 Å². The summed E-state index contributed by atoms with van der Waals surface area (Å²) in [6.45, 7) is 3.23. The van der Waals surface area contributed by atoms with E-state index in [4.69, 9.17) is 11.5 Å². The van der Waals surface area contributed by atoms with Gasteiger partial charge in [0, 0.05) is 20.1 Å². The summed E-state index contributed by atoms with van der Waals surface area (Å²) in [5, 5.41) is 0. The number of hydrogen-bond donors (Lipinski definition) is 3. The zero-order valence-corrected chi connectivity index (χ0v) is 7.46. The lowest BCUT2D eigenvalue weighted by Crippen LogP contribution is -2.25. The van der Waals surface area contributed by atoms with Gasteiger partial charge in [0.1, 0.15) is 11.6 Å². The first-order valence-electron chi connectivity index (χ1n) is 3.88. The summed E-state index contributed by atoms with van der Waals surface area (Å²) in [7, 11) is 1.92. The van der Waals surface area contributed by atoms with Crippen molar-refractivity contribution in [1.29, 1.82) is 0 Å². The topological polar surface area (TPSA) is 84.0 Å². The van der Waals surface area contributed by atoms with Crippen molar-refractivity contribution >= 4 is 11.6 Å². The van der Waals surface area contributed by atoms with Crippen molar-refractivity contribution < 1.29 is 0 Å². The second-order valence-electron chi connectivity index (χ2n) is 2.77. The lowest BCUT2D eigenvalue weighted by Gasteiger charge is -2.14. The quantitative estimate of drug-likeness (QED) is 0.579. The van der Waals surface area contributed by atoms with E-state index in [-0.39, 0.29) is 0 Å². The summed E-state index contributed by atoms with van der Waals surface area (Å²) < 4.78 is 0. The highest BCUT2D eigenvalue weighted by Crippen LogP contribution is 2.17. The monoisotopic (exact) mass is 169 g/mol. The van der Waals surface area contributed by atoms with Crippen LogP contribution in [-0.2, 0) is 0 Å². The van der Waals surface area contributed by atoms with Crippen LogP contribution in [0, 0.1) is 6.92 Å². The van der Waals surface area contributed by atoms with Crippen molar-refractivity contribution in [2.75, 3.05) is 30.8 Å². The minimum atomic E-state index is 0.599. The second kappa shape index (κ2) is 3.44. The van der Waals surface area contributed by atoms with Gasteiger partial charge in [-0.15, -0.1) is 0 Å². The Morgan fingerprint density at radius 3 is 2.67 bits per heavy atom. The van der Waals surface area contributed by atoms with Gasteiger partial charge in [-0.3, -0.25) is 0 Å². The molecule has 0 saturated carbocycles. The first kappa shape index (κ1) is 8.86. The maximum absolute atomic E-state index is 5.67. The van der Waals surface area contributed by atoms with Crippen LogP contribution < -0.4 is 16.4 Å². The molecule has 0 aromatic carbocycles. The van der Waals surface area contributed by atoms with Crippen molar-refractivity contribution in [1.82, 2.24) is 9.97 Å². The van der Waals surface area contributed by atoms with Crippen LogP contribution in [-0.4, -0.2) is 30.1 Å². The smallest absolute Gasteiger partial charge is 0.171 e. The third-order valence-corrected chi connectivity index (χ3v) is 1.66. The maximum atomic E-state index is 5.67. The number of aromatic amines is 1. The minimum absolute atomic E-state index is 0.599.